The normalized spacial score (nSPS) is 11.1. The van der Waals surface area contributed by atoms with E-state index >= 15 is 0 Å². The molecule has 216 valence electrons. The van der Waals surface area contributed by atoms with E-state index in [2.05, 4.69) is 42.1 Å². The Morgan fingerprint density at radius 3 is 1.42 bits per heavy atom. The molecule has 0 atom stereocenters. The van der Waals surface area contributed by atoms with Gasteiger partial charge in [-0.1, -0.05) is 24.3 Å². The van der Waals surface area contributed by atoms with Gasteiger partial charge in [-0.3, -0.25) is 24.2 Å². The van der Waals surface area contributed by atoms with Crippen molar-refractivity contribution in [3.63, 3.8) is 0 Å². The van der Waals surface area contributed by atoms with Crippen molar-refractivity contribution in [2.45, 2.75) is 13.1 Å². The van der Waals surface area contributed by atoms with Crippen LogP contribution in [0.15, 0.2) is 24.3 Å². The SMILES string of the molecule is CNCCN(CCNC)CC(=O)NCC(=O)NCc1cccc(CNC(=O)CN(CCNC)CCNC)c1. The van der Waals surface area contributed by atoms with Crippen LogP contribution in [0.1, 0.15) is 11.1 Å². The Kier molecular flexibility index (Phi) is 18.8. The highest BCUT2D eigenvalue weighted by Gasteiger charge is 2.12. The molecule has 0 heterocycles. The average Bonchev–Trinajstić information content (AvgIpc) is 2.92. The Labute approximate surface area is 228 Å². The molecule has 0 aliphatic carbocycles. The minimum atomic E-state index is -0.253. The van der Waals surface area contributed by atoms with E-state index in [1.54, 1.807) is 0 Å². The first-order chi connectivity index (χ1) is 18.4. The molecule has 1 aromatic carbocycles. The number of carbonyl (C=O) groups excluding carboxylic acids is 3. The summed E-state index contributed by atoms with van der Waals surface area (Å²) in [5.74, 6) is -0.458. The summed E-state index contributed by atoms with van der Waals surface area (Å²) in [4.78, 5) is 41.2. The summed E-state index contributed by atoms with van der Waals surface area (Å²) in [5, 5.41) is 20.9. The molecule has 38 heavy (non-hydrogen) atoms. The molecule has 1 aromatic rings. The van der Waals surface area contributed by atoms with Gasteiger partial charge in [-0.25, -0.2) is 0 Å². The summed E-state index contributed by atoms with van der Waals surface area (Å²) in [6, 6.07) is 7.73. The largest absolute Gasteiger partial charge is 0.351 e. The van der Waals surface area contributed by atoms with Gasteiger partial charge >= 0.3 is 0 Å². The molecule has 0 saturated carbocycles. The molecule has 0 aliphatic rings. The number of hydrogen-bond acceptors (Lipinski definition) is 9. The summed E-state index contributed by atoms with van der Waals surface area (Å²) >= 11 is 0. The smallest absolute Gasteiger partial charge is 0.239 e. The molecule has 0 spiro atoms. The second kappa shape index (κ2) is 21.3. The highest BCUT2D eigenvalue weighted by molar-refractivity contribution is 5.85. The number of hydrogen-bond donors (Lipinski definition) is 7. The highest BCUT2D eigenvalue weighted by Crippen LogP contribution is 2.05. The molecular formula is C26H49N9O3. The second-order valence-corrected chi connectivity index (χ2v) is 9.12. The van der Waals surface area contributed by atoms with Gasteiger partial charge in [0.2, 0.25) is 17.7 Å². The van der Waals surface area contributed by atoms with Gasteiger partial charge in [0.15, 0.2) is 0 Å². The van der Waals surface area contributed by atoms with Crippen LogP contribution in [0, 0.1) is 0 Å². The van der Waals surface area contributed by atoms with Crippen LogP contribution in [0.3, 0.4) is 0 Å². The number of rotatable bonds is 22. The van der Waals surface area contributed by atoms with Crippen LogP contribution in [0.2, 0.25) is 0 Å². The van der Waals surface area contributed by atoms with E-state index < -0.39 is 0 Å². The van der Waals surface area contributed by atoms with Crippen molar-refractivity contribution in [3.05, 3.63) is 35.4 Å². The van der Waals surface area contributed by atoms with E-state index in [0.29, 0.717) is 19.6 Å². The number of carbonyl (C=O) groups is 3. The number of amides is 3. The van der Waals surface area contributed by atoms with Gasteiger partial charge in [0.05, 0.1) is 19.6 Å². The zero-order valence-electron chi connectivity index (χ0n) is 23.6. The Balaban J connectivity index is 2.42. The Bertz CT molecular complexity index is 794. The van der Waals surface area contributed by atoms with Crippen molar-refractivity contribution in [1.82, 2.24) is 47.0 Å². The van der Waals surface area contributed by atoms with Crippen molar-refractivity contribution < 1.29 is 14.4 Å². The third kappa shape index (κ3) is 16.3. The molecular weight excluding hydrogens is 486 g/mol. The third-order valence-corrected chi connectivity index (χ3v) is 5.86. The fourth-order valence-corrected chi connectivity index (χ4v) is 3.63. The van der Waals surface area contributed by atoms with E-state index in [1.165, 1.54) is 0 Å². The van der Waals surface area contributed by atoms with Gasteiger partial charge in [0, 0.05) is 65.4 Å². The Morgan fingerprint density at radius 1 is 0.605 bits per heavy atom. The first-order valence-electron chi connectivity index (χ1n) is 13.3. The summed E-state index contributed by atoms with van der Waals surface area (Å²) in [5.41, 5.74) is 1.88. The molecule has 0 aromatic heterocycles. The Morgan fingerprint density at radius 2 is 1.00 bits per heavy atom. The predicted octanol–water partition coefficient (Wildman–Crippen LogP) is -2.48. The minimum Gasteiger partial charge on any atom is -0.351 e. The lowest BCUT2D eigenvalue weighted by Crippen LogP contribution is -2.44. The molecule has 0 bridgehead atoms. The number of nitrogens with zero attached hydrogens (tertiary/aromatic N) is 2. The van der Waals surface area contributed by atoms with E-state index in [0.717, 1.165) is 63.5 Å². The zero-order chi connectivity index (χ0) is 28.0. The van der Waals surface area contributed by atoms with Gasteiger partial charge in [-0.05, 0) is 39.3 Å². The first-order valence-corrected chi connectivity index (χ1v) is 13.3. The van der Waals surface area contributed by atoms with Gasteiger partial charge in [-0.2, -0.15) is 0 Å². The molecule has 12 heteroatoms. The standard InChI is InChI=1S/C26H49N9O3/c1-27-8-12-34(13-9-28-2)20-25(37)32-18-23-7-5-6-22(16-23)17-31-24(36)19-33-26(38)21-35(14-10-29-3)15-11-30-4/h5-7,16,27-30H,8-15,17-21H2,1-4H3,(H,31,36)(H,32,37)(H,33,38). The fourth-order valence-electron chi connectivity index (χ4n) is 3.63. The summed E-state index contributed by atoms with van der Waals surface area (Å²) < 4.78 is 0. The van der Waals surface area contributed by atoms with Crippen LogP contribution in [0.5, 0.6) is 0 Å². The highest BCUT2D eigenvalue weighted by atomic mass is 16.2. The average molecular weight is 536 g/mol. The number of likely N-dealkylation sites (N-methyl/N-ethyl adjacent to an activating group) is 4. The molecule has 1 rings (SSSR count). The van der Waals surface area contributed by atoms with Crippen molar-refractivity contribution in [1.29, 1.82) is 0 Å². The molecule has 0 fully saturated rings. The maximum Gasteiger partial charge on any atom is 0.239 e. The predicted molar refractivity (Wildman–Crippen MR) is 152 cm³/mol. The van der Waals surface area contributed by atoms with E-state index in [1.807, 2.05) is 57.4 Å². The quantitative estimate of drug-likeness (QED) is 0.0859. The lowest BCUT2D eigenvalue weighted by molar-refractivity contribution is -0.126. The topological polar surface area (TPSA) is 142 Å². The van der Waals surface area contributed by atoms with Crippen LogP contribution in [0.25, 0.3) is 0 Å². The fraction of sp³-hybridized carbons (Fsp3) is 0.654. The third-order valence-electron chi connectivity index (χ3n) is 5.86. The second-order valence-electron chi connectivity index (χ2n) is 9.12. The van der Waals surface area contributed by atoms with Crippen molar-refractivity contribution >= 4 is 17.7 Å². The van der Waals surface area contributed by atoms with Gasteiger partial charge in [0.1, 0.15) is 0 Å². The molecule has 12 nitrogen and oxygen atoms in total. The molecule has 3 amide bonds. The van der Waals surface area contributed by atoms with E-state index in [9.17, 15) is 14.4 Å². The molecule has 0 unspecified atom stereocenters. The van der Waals surface area contributed by atoms with Crippen LogP contribution in [-0.2, 0) is 27.5 Å². The monoisotopic (exact) mass is 535 g/mol. The maximum atomic E-state index is 12.5. The van der Waals surface area contributed by atoms with Crippen LogP contribution in [-0.4, -0.2) is 128 Å². The maximum absolute atomic E-state index is 12.5. The molecule has 7 N–H and O–H groups in total. The molecule has 0 radical (unpaired) electrons. The number of nitrogens with one attached hydrogen (secondary N) is 7. The van der Waals surface area contributed by atoms with Gasteiger partial charge in [-0.15, -0.1) is 0 Å². The zero-order valence-corrected chi connectivity index (χ0v) is 23.6. The minimum absolute atomic E-state index is 0.0258. The van der Waals surface area contributed by atoms with Crippen LogP contribution in [0.4, 0.5) is 0 Å². The van der Waals surface area contributed by atoms with Crippen LogP contribution < -0.4 is 37.2 Å². The summed E-state index contributed by atoms with van der Waals surface area (Å²) in [6.07, 6.45) is 0. The lowest BCUT2D eigenvalue weighted by atomic mass is 10.1. The summed E-state index contributed by atoms with van der Waals surface area (Å²) in [7, 11) is 7.55. The molecule has 0 saturated heterocycles. The van der Waals surface area contributed by atoms with Gasteiger partial charge in [0.25, 0.3) is 0 Å². The molecule has 0 aliphatic heterocycles. The van der Waals surface area contributed by atoms with Crippen molar-refractivity contribution in [3.8, 4) is 0 Å². The summed E-state index contributed by atoms with van der Waals surface area (Å²) in [6.45, 7) is 7.57. The first kappa shape index (κ1) is 33.4. The Hall–Kier alpha value is -2.61. The van der Waals surface area contributed by atoms with E-state index in [-0.39, 0.29) is 30.8 Å². The lowest BCUT2D eigenvalue weighted by Gasteiger charge is -2.21. The van der Waals surface area contributed by atoms with Crippen molar-refractivity contribution in [2.75, 3.05) is 100 Å². The van der Waals surface area contributed by atoms with Crippen molar-refractivity contribution in [2.24, 2.45) is 0 Å². The van der Waals surface area contributed by atoms with Crippen LogP contribution >= 0.6 is 0 Å². The van der Waals surface area contributed by atoms with Gasteiger partial charge < -0.3 is 37.2 Å². The number of benzene rings is 1. The van der Waals surface area contributed by atoms with E-state index in [4.69, 9.17) is 0 Å².